The molecule has 1 fully saturated rings. The third-order valence-electron chi connectivity index (χ3n) is 1.70. The van der Waals surface area contributed by atoms with Gasteiger partial charge in [0.2, 0.25) is 0 Å². The van der Waals surface area contributed by atoms with Gasteiger partial charge in [-0.05, 0) is 6.42 Å². The van der Waals surface area contributed by atoms with Gasteiger partial charge in [-0.3, -0.25) is 14.2 Å². The van der Waals surface area contributed by atoms with Gasteiger partial charge in [0.25, 0.3) is 0 Å². The molecule has 2 rings (SSSR count). The van der Waals surface area contributed by atoms with E-state index in [1.807, 2.05) is 0 Å². The zero-order valence-corrected chi connectivity index (χ0v) is 7.07. The third kappa shape index (κ3) is 1.41. The molecule has 2 atom stereocenters. The molecule has 12 heavy (non-hydrogen) atoms. The SMILES string of the molecule is O=P1(O)CCC(c2ncn[nH]2)O1. The molecule has 66 valence electrons. The molecule has 1 aliphatic heterocycles. The van der Waals surface area contributed by atoms with Crippen LogP contribution in [-0.2, 0) is 9.09 Å². The van der Waals surface area contributed by atoms with Crippen LogP contribution in [0.4, 0.5) is 0 Å². The number of hydrogen-bond acceptors (Lipinski definition) is 4. The lowest BCUT2D eigenvalue weighted by atomic mass is 10.3. The first-order chi connectivity index (χ1) is 5.67. The van der Waals surface area contributed by atoms with Crippen molar-refractivity contribution in [2.45, 2.75) is 12.5 Å². The van der Waals surface area contributed by atoms with E-state index >= 15 is 0 Å². The Morgan fingerprint density at radius 3 is 3.17 bits per heavy atom. The van der Waals surface area contributed by atoms with Crippen LogP contribution in [0.25, 0.3) is 0 Å². The quantitative estimate of drug-likeness (QED) is 0.626. The predicted octanol–water partition coefficient (Wildman–Crippen LogP) is 0.451. The fourth-order valence-electron chi connectivity index (χ4n) is 1.14. The Balaban J connectivity index is 2.15. The van der Waals surface area contributed by atoms with Crippen molar-refractivity contribution in [2.75, 3.05) is 6.16 Å². The maximum absolute atomic E-state index is 11.0. The van der Waals surface area contributed by atoms with E-state index in [4.69, 9.17) is 9.42 Å². The second-order valence-corrected chi connectivity index (χ2v) is 4.55. The summed E-state index contributed by atoms with van der Waals surface area (Å²) in [4.78, 5) is 12.9. The Morgan fingerprint density at radius 1 is 1.83 bits per heavy atom. The minimum Gasteiger partial charge on any atom is -0.324 e. The topological polar surface area (TPSA) is 88.1 Å². The summed E-state index contributed by atoms with van der Waals surface area (Å²) in [6.45, 7) is 0. The third-order valence-corrected chi connectivity index (χ3v) is 3.11. The molecule has 0 saturated carbocycles. The van der Waals surface area contributed by atoms with Crippen LogP contribution in [0.5, 0.6) is 0 Å². The minimum absolute atomic E-state index is 0.193. The minimum atomic E-state index is -3.33. The molecule has 0 amide bonds. The fourth-order valence-corrected chi connectivity index (χ4v) is 2.41. The highest BCUT2D eigenvalue weighted by molar-refractivity contribution is 7.53. The highest BCUT2D eigenvalue weighted by atomic mass is 31.2. The molecule has 0 bridgehead atoms. The summed E-state index contributed by atoms with van der Waals surface area (Å²) in [6, 6.07) is 0. The van der Waals surface area contributed by atoms with Crippen molar-refractivity contribution in [3.05, 3.63) is 12.2 Å². The van der Waals surface area contributed by atoms with Crippen LogP contribution in [0.15, 0.2) is 6.33 Å². The molecule has 6 nitrogen and oxygen atoms in total. The number of rotatable bonds is 1. The number of nitrogens with one attached hydrogen (secondary N) is 1. The standard InChI is InChI=1S/C5H8N3O3P/c9-12(10)2-1-4(11-12)5-6-3-7-8-5/h3-4H,1-2H2,(H,9,10)(H,6,7,8). The molecule has 0 aliphatic carbocycles. The van der Waals surface area contributed by atoms with E-state index in [0.29, 0.717) is 12.2 Å². The van der Waals surface area contributed by atoms with E-state index in [0.717, 1.165) is 0 Å². The van der Waals surface area contributed by atoms with E-state index < -0.39 is 13.7 Å². The van der Waals surface area contributed by atoms with Gasteiger partial charge in [0.1, 0.15) is 12.4 Å². The Hall–Kier alpha value is -0.710. The van der Waals surface area contributed by atoms with Crippen LogP contribution >= 0.6 is 7.60 Å². The van der Waals surface area contributed by atoms with Crippen molar-refractivity contribution in [1.82, 2.24) is 15.2 Å². The Bertz CT molecular complexity index is 312. The van der Waals surface area contributed by atoms with E-state index in [1.165, 1.54) is 6.33 Å². The van der Waals surface area contributed by atoms with Crippen LogP contribution in [0.2, 0.25) is 0 Å². The molecule has 1 aliphatic rings. The molecular formula is C5H8N3O3P. The van der Waals surface area contributed by atoms with Crippen molar-refractivity contribution < 1.29 is 14.0 Å². The molecule has 2 unspecified atom stereocenters. The van der Waals surface area contributed by atoms with Crippen LogP contribution in [-0.4, -0.2) is 26.2 Å². The summed E-state index contributed by atoms with van der Waals surface area (Å²) in [7, 11) is -3.33. The predicted molar refractivity (Wildman–Crippen MR) is 39.5 cm³/mol. The molecule has 2 heterocycles. The van der Waals surface area contributed by atoms with Crippen molar-refractivity contribution in [3.63, 3.8) is 0 Å². The fraction of sp³-hybridized carbons (Fsp3) is 0.600. The number of H-pyrrole nitrogens is 1. The Labute approximate surface area is 68.5 Å². The van der Waals surface area contributed by atoms with Gasteiger partial charge in [-0.2, -0.15) is 5.10 Å². The number of hydrogen-bond donors (Lipinski definition) is 2. The summed E-state index contributed by atoms with van der Waals surface area (Å²) in [5, 5.41) is 6.23. The molecule has 1 aromatic rings. The molecule has 2 N–H and O–H groups in total. The van der Waals surface area contributed by atoms with Crippen LogP contribution in [0.3, 0.4) is 0 Å². The first-order valence-corrected chi connectivity index (χ1v) is 5.29. The lowest BCUT2D eigenvalue weighted by molar-refractivity contribution is 0.200. The van der Waals surface area contributed by atoms with E-state index in [2.05, 4.69) is 15.2 Å². The maximum atomic E-state index is 11.0. The maximum Gasteiger partial charge on any atom is 0.328 e. The van der Waals surface area contributed by atoms with Crippen molar-refractivity contribution in [3.8, 4) is 0 Å². The highest BCUT2D eigenvalue weighted by Gasteiger charge is 2.35. The van der Waals surface area contributed by atoms with E-state index in [-0.39, 0.29) is 6.16 Å². The molecule has 0 aromatic carbocycles. The highest BCUT2D eigenvalue weighted by Crippen LogP contribution is 2.54. The molecular weight excluding hydrogens is 181 g/mol. The average Bonchev–Trinajstić information content (AvgIpc) is 2.55. The van der Waals surface area contributed by atoms with Crippen LogP contribution in [0.1, 0.15) is 18.3 Å². The summed E-state index contributed by atoms with van der Waals surface area (Å²) in [5.41, 5.74) is 0. The van der Waals surface area contributed by atoms with Gasteiger partial charge >= 0.3 is 7.60 Å². The first kappa shape index (κ1) is 7.91. The number of aromatic amines is 1. The smallest absolute Gasteiger partial charge is 0.324 e. The second kappa shape index (κ2) is 2.65. The molecule has 7 heteroatoms. The second-order valence-electron chi connectivity index (χ2n) is 2.61. The monoisotopic (exact) mass is 189 g/mol. The lowest BCUT2D eigenvalue weighted by Gasteiger charge is -2.05. The first-order valence-electron chi connectivity index (χ1n) is 3.53. The number of aromatic nitrogens is 3. The number of nitrogens with zero attached hydrogens (tertiary/aromatic N) is 2. The zero-order valence-electron chi connectivity index (χ0n) is 6.17. The molecule has 0 radical (unpaired) electrons. The van der Waals surface area contributed by atoms with Gasteiger partial charge in [0.15, 0.2) is 5.82 Å². The summed E-state index contributed by atoms with van der Waals surface area (Å²) in [6.07, 6.45) is 1.66. The van der Waals surface area contributed by atoms with E-state index in [9.17, 15) is 4.57 Å². The van der Waals surface area contributed by atoms with E-state index in [1.54, 1.807) is 0 Å². The van der Waals surface area contributed by atoms with Gasteiger partial charge in [0.05, 0.1) is 6.16 Å². The van der Waals surface area contributed by atoms with Gasteiger partial charge in [-0.25, -0.2) is 4.98 Å². The largest absolute Gasteiger partial charge is 0.328 e. The molecule has 1 aromatic heterocycles. The van der Waals surface area contributed by atoms with Crippen molar-refractivity contribution >= 4 is 7.60 Å². The molecule has 0 spiro atoms. The van der Waals surface area contributed by atoms with Crippen LogP contribution < -0.4 is 0 Å². The zero-order chi connectivity index (χ0) is 8.60. The lowest BCUT2D eigenvalue weighted by Crippen LogP contribution is -1.97. The van der Waals surface area contributed by atoms with Gasteiger partial charge in [-0.15, -0.1) is 0 Å². The average molecular weight is 189 g/mol. The normalized spacial score (nSPS) is 35.6. The Morgan fingerprint density at radius 2 is 2.67 bits per heavy atom. The summed E-state index contributed by atoms with van der Waals surface area (Å²) in [5.74, 6) is 0.516. The molecule has 1 saturated heterocycles. The van der Waals surface area contributed by atoms with Crippen LogP contribution in [0, 0.1) is 0 Å². The summed E-state index contributed by atoms with van der Waals surface area (Å²) >= 11 is 0. The van der Waals surface area contributed by atoms with Crippen molar-refractivity contribution in [2.24, 2.45) is 0 Å². The van der Waals surface area contributed by atoms with Crippen molar-refractivity contribution in [1.29, 1.82) is 0 Å². The van der Waals surface area contributed by atoms with Gasteiger partial charge in [-0.1, -0.05) is 0 Å². The van der Waals surface area contributed by atoms with Gasteiger partial charge in [0, 0.05) is 0 Å². The Kier molecular flexibility index (Phi) is 1.75. The van der Waals surface area contributed by atoms with Gasteiger partial charge < -0.3 is 4.89 Å². The summed E-state index contributed by atoms with van der Waals surface area (Å²) < 4.78 is 15.9.